The molecule has 1 aliphatic rings. The molecule has 1 aliphatic heterocycles. The number of methoxy groups -OCH3 is 1. The van der Waals surface area contributed by atoms with Gasteiger partial charge in [0.15, 0.2) is 5.75 Å². The molecular weight excluding hydrogens is 337 g/mol. The second-order valence-electron chi connectivity index (χ2n) is 5.72. The Morgan fingerprint density at radius 3 is 2.76 bits per heavy atom. The molecule has 1 N–H and O–H groups in total. The third-order valence-electron chi connectivity index (χ3n) is 4.07. The van der Waals surface area contributed by atoms with Crippen LogP contribution in [-0.4, -0.2) is 23.1 Å². The lowest BCUT2D eigenvalue weighted by Gasteiger charge is -2.18. The Labute approximate surface area is 141 Å². The van der Waals surface area contributed by atoms with Gasteiger partial charge in [-0.05, 0) is 30.2 Å². The molecule has 0 unspecified atom stereocenters. The van der Waals surface area contributed by atoms with E-state index in [4.69, 9.17) is 4.74 Å². The summed E-state index contributed by atoms with van der Waals surface area (Å²) >= 11 is 0. The summed E-state index contributed by atoms with van der Waals surface area (Å²) in [4.78, 5) is 16.6. The van der Waals surface area contributed by atoms with Crippen LogP contribution in [0.25, 0.3) is 0 Å². The molecule has 0 radical (unpaired) electrons. The number of pyridine rings is 1. The number of nitrogens with zero attached hydrogens (tertiary/aromatic N) is 2. The first-order chi connectivity index (χ1) is 11.8. The minimum absolute atomic E-state index is 0.00633. The number of hydrogen-bond donors (Lipinski definition) is 1. The summed E-state index contributed by atoms with van der Waals surface area (Å²) in [6, 6.07) is 5.53. The van der Waals surface area contributed by atoms with Crippen LogP contribution in [0, 0.1) is 5.95 Å². The fraction of sp³-hybridized carbons (Fsp3) is 0.294. The van der Waals surface area contributed by atoms with Gasteiger partial charge < -0.3 is 14.7 Å². The van der Waals surface area contributed by atoms with Crippen LogP contribution in [-0.2, 0) is 17.3 Å². The van der Waals surface area contributed by atoms with Crippen molar-refractivity contribution in [3.05, 3.63) is 53.1 Å². The third-order valence-corrected chi connectivity index (χ3v) is 4.07. The van der Waals surface area contributed by atoms with Crippen molar-refractivity contribution in [3.8, 4) is 5.75 Å². The zero-order chi connectivity index (χ0) is 18.4. The summed E-state index contributed by atoms with van der Waals surface area (Å²) in [5, 5.41) is 9.75. The van der Waals surface area contributed by atoms with Crippen LogP contribution >= 0.6 is 0 Å². The van der Waals surface area contributed by atoms with Crippen LogP contribution < -0.4 is 9.64 Å². The number of hydrogen-bond acceptors (Lipinski definition) is 4. The predicted molar refractivity (Wildman–Crippen MR) is 82.9 cm³/mol. The zero-order valence-electron chi connectivity index (χ0n) is 13.5. The highest BCUT2D eigenvalue weighted by atomic mass is 19.3. The number of carbonyl (C=O) groups excluding carboxylic acids is 1. The van der Waals surface area contributed by atoms with Gasteiger partial charge in [-0.2, -0.15) is 13.2 Å². The topological polar surface area (TPSA) is 62.7 Å². The van der Waals surface area contributed by atoms with Crippen molar-refractivity contribution in [1.82, 2.24) is 4.98 Å². The summed E-state index contributed by atoms with van der Waals surface area (Å²) in [5.41, 5.74) is -0.167. The number of aromatic nitrogens is 1. The van der Waals surface area contributed by atoms with Crippen molar-refractivity contribution in [1.29, 1.82) is 0 Å². The van der Waals surface area contributed by atoms with Crippen LogP contribution in [0.4, 0.5) is 18.9 Å². The van der Waals surface area contributed by atoms with Crippen LogP contribution in [0.3, 0.4) is 0 Å². The number of alkyl halides is 2. The second kappa shape index (κ2) is 6.03. The van der Waals surface area contributed by atoms with Crippen LogP contribution in [0.1, 0.15) is 29.7 Å². The molecule has 2 aromatic rings. The summed E-state index contributed by atoms with van der Waals surface area (Å²) in [6.07, 6.45) is 0.000862. The molecule has 1 aromatic heterocycles. The van der Waals surface area contributed by atoms with Gasteiger partial charge >= 0.3 is 11.8 Å². The van der Waals surface area contributed by atoms with Crippen molar-refractivity contribution >= 4 is 11.6 Å². The van der Waals surface area contributed by atoms with E-state index >= 15 is 0 Å². The highest BCUT2D eigenvalue weighted by molar-refractivity contribution is 6.06. The van der Waals surface area contributed by atoms with Crippen molar-refractivity contribution < 1.29 is 27.8 Å². The number of fused-ring (bicyclic) bond motifs is 1. The van der Waals surface area contributed by atoms with Crippen LogP contribution in [0.15, 0.2) is 30.5 Å². The van der Waals surface area contributed by atoms with Gasteiger partial charge in [0.25, 0.3) is 5.95 Å². The number of anilines is 1. The largest absolute Gasteiger partial charge is 0.492 e. The number of carbonyl (C=O) groups is 1. The van der Waals surface area contributed by atoms with Crippen molar-refractivity contribution in [3.63, 3.8) is 0 Å². The average molecular weight is 352 g/mol. The number of rotatable bonds is 4. The lowest BCUT2D eigenvalue weighted by atomic mass is 9.98. The lowest BCUT2D eigenvalue weighted by Crippen LogP contribution is -2.34. The fourth-order valence-electron chi connectivity index (χ4n) is 2.90. The predicted octanol–water partition coefficient (Wildman–Crippen LogP) is 2.92. The molecule has 0 saturated heterocycles. The molecule has 5 nitrogen and oxygen atoms in total. The first-order valence-electron chi connectivity index (χ1n) is 7.47. The van der Waals surface area contributed by atoms with Gasteiger partial charge in [0.05, 0.1) is 31.0 Å². The zero-order valence-corrected chi connectivity index (χ0v) is 13.5. The molecule has 0 fully saturated rings. The summed E-state index contributed by atoms with van der Waals surface area (Å²) in [5.74, 6) is -6.13. The Kier molecular flexibility index (Phi) is 4.16. The van der Waals surface area contributed by atoms with Gasteiger partial charge in [-0.1, -0.05) is 12.1 Å². The number of aliphatic hydroxyl groups is 1. The standard InChI is InChI=1S/C17H15F3N2O3/c1-9(23)11-4-3-5-12-14(11)17(19,20)16(24)22(12)8-10-6-13(25-2)15(18)21-7-10/h3-7,9,23H,8H2,1-2H3/t9-/m0/s1. The number of aliphatic hydroxyl groups excluding tert-OH is 1. The van der Waals surface area contributed by atoms with Crippen molar-refractivity contribution in [2.75, 3.05) is 12.0 Å². The van der Waals surface area contributed by atoms with E-state index in [-0.39, 0.29) is 23.5 Å². The summed E-state index contributed by atoms with van der Waals surface area (Å²) < 4.78 is 47.2. The maximum absolute atomic E-state index is 14.5. The molecule has 132 valence electrons. The molecule has 0 saturated carbocycles. The third kappa shape index (κ3) is 2.72. The first kappa shape index (κ1) is 17.2. The molecule has 0 aliphatic carbocycles. The molecule has 1 amide bonds. The van der Waals surface area contributed by atoms with Gasteiger partial charge in [-0.3, -0.25) is 4.79 Å². The van der Waals surface area contributed by atoms with Crippen molar-refractivity contribution in [2.45, 2.75) is 25.5 Å². The van der Waals surface area contributed by atoms with E-state index in [0.29, 0.717) is 5.56 Å². The molecule has 1 atom stereocenters. The minimum atomic E-state index is -3.75. The van der Waals surface area contributed by atoms with Gasteiger partial charge in [-0.15, -0.1) is 0 Å². The quantitative estimate of drug-likeness (QED) is 0.860. The minimum Gasteiger partial charge on any atom is -0.492 e. The Morgan fingerprint density at radius 1 is 1.40 bits per heavy atom. The lowest BCUT2D eigenvalue weighted by molar-refractivity contribution is -0.141. The maximum Gasteiger partial charge on any atom is 0.352 e. The Balaban J connectivity index is 2.05. The van der Waals surface area contributed by atoms with E-state index in [1.165, 1.54) is 38.3 Å². The highest BCUT2D eigenvalue weighted by Gasteiger charge is 2.54. The maximum atomic E-state index is 14.5. The molecule has 8 heteroatoms. The number of benzene rings is 1. The van der Waals surface area contributed by atoms with E-state index in [1.54, 1.807) is 0 Å². The summed E-state index contributed by atoms with van der Waals surface area (Å²) in [6.45, 7) is 1.13. The Hall–Kier alpha value is -2.61. The van der Waals surface area contributed by atoms with E-state index in [1.807, 2.05) is 0 Å². The molecule has 2 heterocycles. The van der Waals surface area contributed by atoms with Gasteiger partial charge in [0, 0.05) is 6.20 Å². The molecule has 3 rings (SSSR count). The van der Waals surface area contributed by atoms with E-state index in [2.05, 4.69) is 4.98 Å². The molecule has 25 heavy (non-hydrogen) atoms. The number of halogens is 3. The molecule has 0 bridgehead atoms. The second-order valence-corrected chi connectivity index (χ2v) is 5.72. The summed E-state index contributed by atoms with van der Waals surface area (Å²) in [7, 11) is 1.25. The highest BCUT2D eigenvalue weighted by Crippen LogP contribution is 2.47. The van der Waals surface area contributed by atoms with Gasteiger partial charge in [-0.25, -0.2) is 4.98 Å². The van der Waals surface area contributed by atoms with E-state index in [9.17, 15) is 23.1 Å². The SMILES string of the molecule is COc1cc(CN2C(=O)C(F)(F)c3c([C@H](C)O)cccc32)cnc1F. The molecular formula is C17H15F3N2O3. The van der Waals surface area contributed by atoms with E-state index < -0.39 is 29.4 Å². The molecule has 1 aromatic carbocycles. The van der Waals surface area contributed by atoms with Gasteiger partial charge in [0.2, 0.25) is 0 Å². The normalized spacial score (nSPS) is 16.7. The van der Waals surface area contributed by atoms with Gasteiger partial charge in [0.1, 0.15) is 0 Å². The molecule has 0 spiro atoms. The Morgan fingerprint density at radius 2 is 2.12 bits per heavy atom. The van der Waals surface area contributed by atoms with Crippen LogP contribution in [0.5, 0.6) is 5.75 Å². The van der Waals surface area contributed by atoms with Crippen LogP contribution in [0.2, 0.25) is 0 Å². The average Bonchev–Trinajstić information content (AvgIpc) is 2.77. The number of ether oxygens (including phenoxy) is 1. The number of amides is 1. The monoisotopic (exact) mass is 352 g/mol. The van der Waals surface area contributed by atoms with E-state index in [0.717, 1.165) is 11.1 Å². The van der Waals surface area contributed by atoms with Crippen molar-refractivity contribution in [2.24, 2.45) is 0 Å². The smallest absolute Gasteiger partial charge is 0.352 e. The Bertz CT molecular complexity index is 840. The first-order valence-corrected chi connectivity index (χ1v) is 7.47. The fourth-order valence-corrected chi connectivity index (χ4v) is 2.90.